The highest BCUT2D eigenvalue weighted by Gasteiger charge is 2.01. The lowest BCUT2D eigenvalue weighted by atomic mass is 10.0. The van der Waals surface area contributed by atoms with Crippen LogP contribution in [0, 0.1) is 5.92 Å². The van der Waals surface area contributed by atoms with E-state index in [1.165, 1.54) is 5.56 Å². The molecule has 70 valence electrons. The fourth-order valence-electron chi connectivity index (χ4n) is 1.18. The average Bonchev–Trinajstić information content (AvgIpc) is 2.19. The maximum absolute atomic E-state index is 10.4. The normalized spacial score (nSPS) is 12.2. The van der Waals surface area contributed by atoms with Gasteiger partial charge in [-0.2, -0.15) is 0 Å². The summed E-state index contributed by atoms with van der Waals surface area (Å²) in [5.74, 6) is 0.941. The molecule has 0 saturated carbocycles. The summed E-state index contributed by atoms with van der Waals surface area (Å²) in [5.41, 5.74) is 1.17. The van der Waals surface area contributed by atoms with Crippen molar-refractivity contribution in [3.8, 4) is 5.75 Å². The minimum absolute atomic E-state index is 0.0911. The fraction of sp³-hybridized carbons (Fsp3) is 0.364. The quantitative estimate of drug-likeness (QED) is 0.660. The molecule has 0 aliphatic carbocycles. The van der Waals surface area contributed by atoms with Crippen LogP contribution in [-0.2, 0) is 11.2 Å². The van der Waals surface area contributed by atoms with Gasteiger partial charge in [0.05, 0.1) is 7.11 Å². The number of hydrogen-bond donors (Lipinski definition) is 0. The van der Waals surface area contributed by atoms with Gasteiger partial charge in [0.1, 0.15) is 12.0 Å². The van der Waals surface area contributed by atoms with Crippen molar-refractivity contribution in [3.05, 3.63) is 29.8 Å². The second-order valence-corrected chi connectivity index (χ2v) is 3.17. The lowest BCUT2D eigenvalue weighted by Crippen LogP contribution is -2.00. The van der Waals surface area contributed by atoms with Crippen LogP contribution in [0.15, 0.2) is 24.3 Å². The van der Waals surface area contributed by atoms with Gasteiger partial charge in [0.25, 0.3) is 0 Å². The summed E-state index contributed by atoms with van der Waals surface area (Å²) in [6.07, 6.45) is 1.78. The molecule has 0 spiro atoms. The summed E-state index contributed by atoms with van der Waals surface area (Å²) in [6.45, 7) is 1.91. The van der Waals surface area contributed by atoms with Crippen molar-refractivity contribution in [1.29, 1.82) is 0 Å². The van der Waals surface area contributed by atoms with Crippen LogP contribution >= 0.6 is 0 Å². The summed E-state index contributed by atoms with van der Waals surface area (Å²) < 4.78 is 5.03. The largest absolute Gasteiger partial charge is 0.497 e. The summed E-state index contributed by atoms with van der Waals surface area (Å²) in [7, 11) is 1.64. The number of aldehydes is 1. The molecule has 0 unspecified atom stereocenters. The van der Waals surface area contributed by atoms with Crippen molar-refractivity contribution in [2.24, 2.45) is 5.92 Å². The minimum atomic E-state index is 0.0911. The van der Waals surface area contributed by atoms with Gasteiger partial charge in [-0.05, 0) is 24.1 Å². The average molecular weight is 178 g/mol. The first-order chi connectivity index (χ1) is 6.26. The fourth-order valence-corrected chi connectivity index (χ4v) is 1.18. The van der Waals surface area contributed by atoms with Gasteiger partial charge in [0, 0.05) is 5.92 Å². The zero-order valence-electron chi connectivity index (χ0n) is 7.99. The molecule has 2 heteroatoms. The lowest BCUT2D eigenvalue weighted by molar-refractivity contribution is -0.110. The number of rotatable bonds is 4. The van der Waals surface area contributed by atoms with Gasteiger partial charge in [-0.15, -0.1) is 0 Å². The first-order valence-corrected chi connectivity index (χ1v) is 4.34. The van der Waals surface area contributed by atoms with Crippen LogP contribution in [0.2, 0.25) is 0 Å². The number of methoxy groups -OCH3 is 1. The third-order valence-electron chi connectivity index (χ3n) is 1.95. The first kappa shape index (κ1) is 9.78. The number of ether oxygens (including phenoxy) is 1. The van der Waals surface area contributed by atoms with E-state index in [9.17, 15) is 4.79 Å². The van der Waals surface area contributed by atoms with E-state index >= 15 is 0 Å². The van der Waals surface area contributed by atoms with Crippen molar-refractivity contribution in [2.75, 3.05) is 7.11 Å². The van der Waals surface area contributed by atoms with Gasteiger partial charge < -0.3 is 9.53 Å². The molecule has 0 aliphatic rings. The summed E-state index contributed by atoms with van der Waals surface area (Å²) in [5, 5.41) is 0. The summed E-state index contributed by atoms with van der Waals surface area (Å²) in [6, 6.07) is 7.79. The van der Waals surface area contributed by atoms with E-state index in [0.717, 1.165) is 18.5 Å². The highest BCUT2D eigenvalue weighted by Crippen LogP contribution is 2.13. The van der Waals surface area contributed by atoms with Gasteiger partial charge in [0.2, 0.25) is 0 Å². The van der Waals surface area contributed by atoms with Crippen LogP contribution < -0.4 is 4.74 Å². The monoisotopic (exact) mass is 178 g/mol. The van der Waals surface area contributed by atoms with E-state index in [-0.39, 0.29) is 5.92 Å². The Bertz CT molecular complexity index is 264. The smallest absolute Gasteiger partial charge is 0.123 e. The number of carbonyl (C=O) groups excluding carboxylic acids is 1. The van der Waals surface area contributed by atoms with Crippen molar-refractivity contribution in [3.63, 3.8) is 0 Å². The van der Waals surface area contributed by atoms with Crippen LogP contribution in [-0.4, -0.2) is 13.4 Å². The third kappa shape index (κ3) is 2.90. The van der Waals surface area contributed by atoms with E-state index in [0.29, 0.717) is 0 Å². The Hall–Kier alpha value is -1.31. The molecule has 0 N–H and O–H groups in total. The predicted octanol–water partition coefficient (Wildman–Crippen LogP) is 2.07. The van der Waals surface area contributed by atoms with Crippen LogP contribution in [0.5, 0.6) is 5.75 Å². The molecule has 0 aliphatic heterocycles. The van der Waals surface area contributed by atoms with Gasteiger partial charge in [-0.3, -0.25) is 0 Å². The first-order valence-electron chi connectivity index (χ1n) is 4.34. The Morgan fingerprint density at radius 1 is 1.38 bits per heavy atom. The lowest BCUT2D eigenvalue weighted by Gasteiger charge is -2.04. The molecule has 0 heterocycles. The molecule has 1 rings (SSSR count). The molecule has 0 aromatic heterocycles. The van der Waals surface area contributed by atoms with Crippen molar-refractivity contribution in [1.82, 2.24) is 0 Å². The zero-order chi connectivity index (χ0) is 9.68. The molecule has 1 atom stereocenters. The Labute approximate surface area is 78.5 Å². The number of hydrogen-bond acceptors (Lipinski definition) is 2. The topological polar surface area (TPSA) is 26.3 Å². The molecular formula is C11H14O2. The van der Waals surface area contributed by atoms with Crippen molar-refractivity contribution >= 4 is 6.29 Å². The molecule has 0 fully saturated rings. The van der Waals surface area contributed by atoms with Crippen molar-refractivity contribution in [2.45, 2.75) is 13.3 Å². The molecule has 0 radical (unpaired) electrons. The Balaban J connectivity index is 2.63. The van der Waals surface area contributed by atoms with E-state index in [2.05, 4.69) is 0 Å². The Morgan fingerprint density at radius 3 is 2.46 bits per heavy atom. The van der Waals surface area contributed by atoms with Crippen LogP contribution in [0.1, 0.15) is 12.5 Å². The molecule has 2 nitrogen and oxygen atoms in total. The summed E-state index contributed by atoms with van der Waals surface area (Å²) >= 11 is 0. The van der Waals surface area contributed by atoms with E-state index in [1.54, 1.807) is 7.11 Å². The highest BCUT2D eigenvalue weighted by molar-refractivity contribution is 5.53. The SMILES string of the molecule is COc1ccc(C[C@H](C)C=O)cc1. The maximum Gasteiger partial charge on any atom is 0.123 e. The predicted molar refractivity (Wildman–Crippen MR) is 51.9 cm³/mol. The van der Waals surface area contributed by atoms with Crippen LogP contribution in [0.4, 0.5) is 0 Å². The van der Waals surface area contributed by atoms with E-state index in [1.807, 2.05) is 31.2 Å². The minimum Gasteiger partial charge on any atom is -0.497 e. The molecule has 1 aromatic rings. The molecular weight excluding hydrogens is 164 g/mol. The van der Waals surface area contributed by atoms with Crippen LogP contribution in [0.3, 0.4) is 0 Å². The zero-order valence-corrected chi connectivity index (χ0v) is 7.99. The molecule has 1 aromatic carbocycles. The molecule has 0 saturated heterocycles. The Kier molecular flexibility index (Phi) is 3.50. The standard InChI is InChI=1S/C11H14O2/c1-9(8-12)7-10-3-5-11(13-2)6-4-10/h3-6,8-9H,7H2,1-2H3/t9-/m0/s1. The van der Waals surface area contributed by atoms with Gasteiger partial charge in [0.15, 0.2) is 0 Å². The third-order valence-corrected chi connectivity index (χ3v) is 1.95. The second-order valence-electron chi connectivity index (χ2n) is 3.17. The maximum atomic E-state index is 10.4. The molecule has 13 heavy (non-hydrogen) atoms. The van der Waals surface area contributed by atoms with E-state index < -0.39 is 0 Å². The molecule has 0 amide bonds. The van der Waals surface area contributed by atoms with Crippen LogP contribution in [0.25, 0.3) is 0 Å². The number of carbonyl (C=O) groups is 1. The van der Waals surface area contributed by atoms with E-state index in [4.69, 9.17) is 4.74 Å². The van der Waals surface area contributed by atoms with Gasteiger partial charge in [-0.25, -0.2) is 0 Å². The highest BCUT2D eigenvalue weighted by atomic mass is 16.5. The summed E-state index contributed by atoms with van der Waals surface area (Å²) in [4.78, 5) is 10.4. The van der Waals surface area contributed by atoms with Gasteiger partial charge >= 0.3 is 0 Å². The second kappa shape index (κ2) is 4.65. The van der Waals surface area contributed by atoms with Crippen molar-refractivity contribution < 1.29 is 9.53 Å². The Morgan fingerprint density at radius 2 is 2.00 bits per heavy atom. The molecule has 0 bridgehead atoms. The number of benzene rings is 1. The van der Waals surface area contributed by atoms with Gasteiger partial charge in [-0.1, -0.05) is 19.1 Å².